The summed E-state index contributed by atoms with van der Waals surface area (Å²) in [4.78, 5) is 13.8. The number of nitrogens with zero attached hydrogens (tertiary/aromatic N) is 2. The maximum atomic E-state index is 14.4. The summed E-state index contributed by atoms with van der Waals surface area (Å²) in [6.45, 7) is 4.35. The standard InChI is InChI=1S/C18H25FN4O2/c1-13(21-22-18(24)20-15-4-2-3-5-15)14-6-7-17(16(19)12-14)23-8-10-25-11-9-23/h6-7,12,15H,2-5,8-11H2,1H3,(H2,20,22,24)/b21-13+. The lowest BCUT2D eigenvalue weighted by Gasteiger charge is -2.29. The molecule has 2 amide bonds. The number of urea groups is 1. The maximum absolute atomic E-state index is 14.4. The van der Waals surface area contributed by atoms with E-state index in [4.69, 9.17) is 4.74 Å². The number of morpholine rings is 1. The van der Waals surface area contributed by atoms with Crippen LogP contribution in [0.4, 0.5) is 14.9 Å². The summed E-state index contributed by atoms with van der Waals surface area (Å²) in [6.07, 6.45) is 4.35. The van der Waals surface area contributed by atoms with Crippen molar-refractivity contribution in [3.8, 4) is 0 Å². The lowest BCUT2D eigenvalue weighted by Crippen LogP contribution is -2.39. The van der Waals surface area contributed by atoms with Gasteiger partial charge in [0.25, 0.3) is 0 Å². The molecule has 1 saturated heterocycles. The zero-order valence-electron chi connectivity index (χ0n) is 14.6. The lowest BCUT2D eigenvalue weighted by atomic mass is 10.1. The minimum Gasteiger partial charge on any atom is -0.378 e. The van der Waals surface area contributed by atoms with Crippen LogP contribution in [0.5, 0.6) is 0 Å². The van der Waals surface area contributed by atoms with Gasteiger partial charge in [-0.3, -0.25) is 0 Å². The first-order valence-corrected chi connectivity index (χ1v) is 8.87. The van der Waals surface area contributed by atoms with Crippen molar-refractivity contribution in [3.05, 3.63) is 29.6 Å². The van der Waals surface area contributed by atoms with Crippen LogP contribution >= 0.6 is 0 Å². The molecule has 0 spiro atoms. The SMILES string of the molecule is C/C(=N\NC(=O)NC1CCCC1)c1ccc(N2CCOCC2)c(F)c1. The Hall–Kier alpha value is -2.15. The van der Waals surface area contributed by atoms with Crippen LogP contribution in [0, 0.1) is 5.82 Å². The molecule has 0 unspecified atom stereocenters. The van der Waals surface area contributed by atoms with E-state index in [1.165, 1.54) is 6.07 Å². The number of hydrogen-bond donors (Lipinski definition) is 2. The quantitative estimate of drug-likeness (QED) is 0.649. The molecule has 0 aromatic heterocycles. The molecular formula is C18H25FN4O2. The van der Waals surface area contributed by atoms with Crippen molar-refractivity contribution in [2.45, 2.75) is 38.6 Å². The van der Waals surface area contributed by atoms with E-state index in [-0.39, 0.29) is 17.9 Å². The number of halogens is 1. The van der Waals surface area contributed by atoms with E-state index in [1.54, 1.807) is 13.0 Å². The Balaban J connectivity index is 1.60. The number of amides is 2. The second-order valence-corrected chi connectivity index (χ2v) is 6.53. The van der Waals surface area contributed by atoms with Crippen molar-refractivity contribution in [1.29, 1.82) is 0 Å². The van der Waals surface area contributed by atoms with Crippen LogP contribution in [0.25, 0.3) is 0 Å². The maximum Gasteiger partial charge on any atom is 0.335 e. The number of benzene rings is 1. The molecule has 1 aliphatic heterocycles. The van der Waals surface area contributed by atoms with Crippen LogP contribution in [0.2, 0.25) is 0 Å². The van der Waals surface area contributed by atoms with E-state index < -0.39 is 0 Å². The van der Waals surface area contributed by atoms with Gasteiger partial charge in [-0.1, -0.05) is 18.9 Å². The minimum atomic E-state index is -0.309. The number of ether oxygens (including phenoxy) is 1. The fraction of sp³-hybridized carbons (Fsp3) is 0.556. The van der Waals surface area contributed by atoms with Gasteiger partial charge in [0.2, 0.25) is 0 Å². The first-order valence-electron chi connectivity index (χ1n) is 8.87. The van der Waals surface area contributed by atoms with Gasteiger partial charge in [0.05, 0.1) is 24.6 Å². The van der Waals surface area contributed by atoms with Gasteiger partial charge in [-0.05, 0) is 31.9 Å². The monoisotopic (exact) mass is 348 g/mol. The van der Waals surface area contributed by atoms with Gasteiger partial charge in [0, 0.05) is 24.7 Å². The summed E-state index contributed by atoms with van der Waals surface area (Å²) < 4.78 is 19.7. The first-order chi connectivity index (χ1) is 12.1. The molecule has 25 heavy (non-hydrogen) atoms. The number of carbonyl (C=O) groups is 1. The smallest absolute Gasteiger partial charge is 0.335 e. The molecule has 1 heterocycles. The van der Waals surface area contributed by atoms with Gasteiger partial charge in [0.1, 0.15) is 5.82 Å². The van der Waals surface area contributed by atoms with Crippen molar-refractivity contribution in [1.82, 2.24) is 10.7 Å². The highest BCUT2D eigenvalue weighted by molar-refractivity contribution is 5.99. The molecule has 1 aromatic carbocycles. The molecule has 0 bridgehead atoms. The molecule has 0 radical (unpaired) electrons. The highest BCUT2D eigenvalue weighted by Crippen LogP contribution is 2.22. The molecule has 2 fully saturated rings. The van der Waals surface area contributed by atoms with Gasteiger partial charge in [-0.2, -0.15) is 5.10 Å². The van der Waals surface area contributed by atoms with Crippen molar-refractivity contribution in [3.63, 3.8) is 0 Å². The van der Waals surface area contributed by atoms with Gasteiger partial charge in [0.15, 0.2) is 0 Å². The number of rotatable bonds is 4. The fourth-order valence-corrected chi connectivity index (χ4v) is 3.28. The van der Waals surface area contributed by atoms with Crippen molar-refractivity contribution >= 4 is 17.4 Å². The average Bonchev–Trinajstić information content (AvgIpc) is 3.13. The van der Waals surface area contributed by atoms with Crippen LogP contribution in [-0.4, -0.2) is 44.1 Å². The van der Waals surface area contributed by atoms with Crippen molar-refractivity contribution < 1.29 is 13.9 Å². The summed E-state index contributed by atoms with van der Waals surface area (Å²) in [7, 11) is 0. The van der Waals surface area contributed by atoms with Gasteiger partial charge < -0.3 is 15.0 Å². The Labute approximate surface area is 147 Å². The summed E-state index contributed by atoms with van der Waals surface area (Å²) >= 11 is 0. The van der Waals surface area contributed by atoms with E-state index in [9.17, 15) is 9.18 Å². The first kappa shape index (κ1) is 17.7. The molecule has 1 aliphatic carbocycles. The molecule has 136 valence electrons. The molecule has 7 heteroatoms. The van der Waals surface area contributed by atoms with E-state index in [1.807, 2.05) is 11.0 Å². The number of hydrazone groups is 1. The molecule has 0 atom stereocenters. The molecule has 1 aromatic rings. The number of hydrogen-bond acceptors (Lipinski definition) is 4. The van der Waals surface area contributed by atoms with Crippen molar-refractivity contribution in [2.75, 3.05) is 31.2 Å². The highest BCUT2D eigenvalue weighted by atomic mass is 19.1. The van der Waals surface area contributed by atoms with Crippen LogP contribution < -0.4 is 15.6 Å². The highest BCUT2D eigenvalue weighted by Gasteiger charge is 2.17. The van der Waals surface area contributed by atoms with Gasteiger partial charge >= 0.3 is 6.03 Å². The summed E-state index contributed by atoms with van der Waals surface area (Å²) in [5, 5.41) is 6.97. The van der Waals surface area contributed by atoms with Crippen LogP contribution in [-0.2, 0) is 4.74 Å². The van der Waals surface area contributed by atoms with Crippen LogP contribution in [0.1, 0.15) is 38.2 Å². The Bertz CT molecular complexity index is 638. The Kier molecular flexibility index (Phi) is 5.86. The van der Waals surface area contributed by atoms with E-state index >= 15 is 0 Å². The number of nitrogens with one attached hydrogen (secondary N) is 2. The summed E-state index contributed by atoms with van der Waals surface area (Å²) in [6, 6.07) is 4.97. The van der Waals surface area contributed by atoms with E-state index in [0.29, 0.717) is 43.3 Å². The minimum absolute atomic E-state index is 0.237. The molecule has 2 N–H and O–H groups in total. The van der Waals surface area contributed by atoms with Gasteiger partial charge in [-0.15, -0.1) is 0 Å². The third-order valence-corrected chi connectivity index (χ3v) is 4.73. The normalized spacial score (nSPS) is 19.1. The van der Waals surface area contributed by atoms with Gasteiger partial charge in [-0.25, -0.2) is 14.6 Å². The third kappa shape index (κ3) is 4.69. The van der Waals surface area contributed by atoms with Crippen molar-refractivity contribution in [2.24, 2.45) is 5.10 Å². The molecular weight excluding hydrogens is 323 g/mol. The third-order valence-electron chi connectivity index (χ3n) is 4.73. The van der Waals surface area contributed by atoms with E-state index in [0.717, 1.165) is 25.7 Å². The molecule has 3 rings (SSSR count). The zero-order chi connectivity index (χ0) is 17.6. The summed E-state index contributed by atoms with van der Waals surface area (Å²) in [5.41, 5.74) is 4.28. The second-order valence-electron chi connectivity index (χ2n) is 6.53. The molecule has 6 nitrogen and oxygen atoms in total. The molecule has 2 aliphatic rings. The molecule has 1 saturated carbocycles. The lowest BCUT2D eigenvalue weighted by molar-refractivity contribution is 0.122. The average molecular weight is 348 g/mol. The Morgan fingerprint density at radius 3 is 2.68 bits per heavy atom. The topological polar surface area (TPSA) is 66.0 Å². The van der Waals surface area contributed by atoms with Crippen LogP contribution in [0.15, 0.2) is 23.3 Å². The second kappa shape index (κ2) is 8.29. The van der Waals surface area contributed by atoms with Crippen LogP contribution in [0.3, 0.4) is 0 Å². The summed E-state index contributed by atoms with van der Waals surface area (Å²) in [5.74, 6) is -0.288. The van der Waals surface area contributed by atoms with E-state index in [2.05, 4.69) is 15.8 Å². The number of anilines is 1. The predicted molar refractivity (Wildman–Crippen MR) is 95.6 cm³/mol. The Morgan fingerprint density at radius 2 is 2.00 bits per heavy atom. The predicted octanol–water partition coefficient (Wildman–Crippen LogP) is 2.63. The largest absolute Gasteiger partial charge is 0.378 e. The zero-order valence-corrected chi connectivity index (χ0v) is 14.6. The fourth-order valence-electron chi connectivity index (χ4n) is 3.28. The Morgan fingerprint density at radius 1 is 1.28 bits per heavy atom. The number of carbonyl (C=O) groups excluding carboxylic acids is 1.